The zero-order chi connectivity index (χ0) is 32.5. The SMILES string of the molecule is O=C1c2ccc3c4c(ccc(c24)C(=O)N1CCNCc1ccccc1[N+](=O)[O-])C(=O)N(CCNCc1ccccc1[N+](=O)[O-])C3=O. The summed E-state index contributed by atoms with van der Waals surface area (Å²) in [5.41, 5.74) is 1.61. The lowest BCUT2D eigenvalue weighted by Gasteiger charge is -2.32. The summed E-state index contributed by atoms with van der Waals surface area (Å²) < 4.78 is 0. The molecule has 4 amide bonds. The number of carbonyl (C=O) groups is 4. The van der Waals surface area contributed by atoms with Crippen LogP contribution in [0, 0.1) is 20.2 Å². The molecule has 2 heterocycles. The minimum absolute atomic E-state index is 0.00644. The molecule has 4 aromatic carbocycles. The molecule has 232 valence electrons. The van der Waals surface area contributed by atoms with E-state index >= 15 is 0 Å². The topological polar surface area (TPSA) is 185 Å². The van der Waals surface area contributed by atoms with E-state index in [2.05, 4.69) is 10.6 Å². The molecule has 6 rings (SSSR count). The second kappa shape index (κ2) is 12.3. The summed E-state index contributed by atoms with van der Waals surface area (Å²) in [7, 11) is 0. The minimum Gasteiger partial charge on any atom is -0.311 e. The third-order valence-electron chi connectivity index (χ3n) is 8.09. The fraction of sp³-hybridized carbons (Fsp3) is 0.188. The fourth-order valence-electron chi connectivity index (χ4n) is 5.89. The molecule has 0 saturated heterocycles. The predicted octanol–water partition coefficient (Wildman–Crippen LogP) is 3.43. The number of benzene rings is 4. The van der Waals surface area contributed by atoms with Crippen molar-refractivity contribution in [1.82, 2.24) is 20.4 Å². The maximum atomic E-state index is 13.5. The zero-order valence-corrected chi connectivity index (χ0v) is 24.2. The highest BCUT2D eigenvalue weighted by molar-refractivity contribution is 6.33. The zero-order valence-electron chi connectivity index (χ0n) is 24.2. The molecule has 0 radical (unpaired) electrons. The van der Waals surface area contributed by atoms with Crippen LogP contribution in [0.15, 0.2) is 72.8 Å². The van der Waals surface area contributed by atoms with Crippen LogP contribution in [0.5, 0.6) is 0 Å². The van der Waals surface area contributed by atoms with Crippen molar-refractivity contribution in [2.24, 2.45) is 0 Å². The molecule has 0 bridgehead atoms. The largest absolute Gasteiger partial charge is 0.311 e. The second-order valence-electron chi connectivity index (χ2n) is 10.7. The number of nitro groups is 2. The molecule has 0 unspecified atom stereocenters. The first-order valence-corrected chi connectivity index (χ1v) is 14.4. The first-order valence-electron chi connectivity index (χ1n) is 14.4. The van der Waals surface area contributed by atoms with E-state index in [-0.39, 0.29) is 83.7 Å². The van der Waals surface area contributed by atoms with Crippen LogP contribution < -0.4 is 10.6 Å². The maximum Gasteiger partial charge on any atom is 0.273 e. The summed E-state index contributed by atoms with van der Waals surface area (Å²) in [6, 6.07) is 18.5. The Kier molecular flexibility index (Phi) is 8.04. The van der Waals surface area contributed by atoms with E-state index in [4.69, 9.17) is 0 Å². The number of hydrogen-bond donors (Lipinski definition) is 2. The van der Waals surface area contributed by atoms with E-state index in [0.29, 0.717) is 11.1 Å². The number of amides is 4. The molecule has 0 spiro atoms. The van der Waals surface area contributed by atoms with Crippen molar-refractivity contribution in [2.45, 2.75) is 13.1 Å². The van der Waals surface area contributed by atoms with E-state index < -0.39 is 33.5 Å². The molecule has 14 nitrogen and oxygen atoms in total. The summed E-state index contributed by atoms with van der Waals surface area (Å²) in [5, 5.41) is 29.2. The van der Waals surface area contributed by atoms with E-state index in [1.807, 2.05) is 0 Å². The van der Waals surface area contributed by atoms with Gasteiger partial charge in [0.1, 0.15) is 0 Å². The molecule has 14 heteroatoms. The van der Waals surface area contributed by atoms with Gasteiger partial charge in [-0.25, -0.2) is 0 Å². The monoisotopic (exact) mass is 622 g/mol. The van der Waals surface area contributed by atoms with Crippen LogP contribution in [0.25, 0.3) is 10.8 Å². The van der Waals surface area contributed by atoms with Gasteiger partial charge in [-0.1, -0.05) is 36.4 Å². The highest BCUT2D eigenvalue weighted by atomic mass is 16.6. The molecule has 2 N–H and O–H groups in total. The third kappa shape index (κ3) is 5.25. The summed E-state index contributed by atoms with van der Waals surface area (Å²) in [4.78, 5) is 77.7. The number of rotatable bonds is 12. The van der Waals surface area contributed by atoms with E-state index in [1.165, 1.54) is 36.4 Å². The van der Waals surface area contributed by atoms with Crippen molar-refractivity contribution in [3.05, 3.63) is 126 Å². The van der Waals surface area contributed by atoms with Crippen LogP contribution in [0.1, 0.15) is 52.6 Å². The van der Waals surface area contributed by atoms with Crippen molar-refractivity contribution in [1.29, 1.82) is 0 Å². The summed E-state index contributed by atoms with van der Waals surface area (Å²) >= 11 is 0. The number of carbonyl (C=O) groups excluding carboxylic acids is 4. The molecule has 0 aliphatic carbocycles. The number of imide groups is 2. The van der Waals surface area contributed by atoms with Gasteiger partial charge in [-0.15, -0.1) is 0 Å². The van der Waals surface area contributed by atoms with Crippen LogP contribution in [-0.4, -0.2) is 69.5 Å². The van der Waals surface area contributed by atoms with Crippen molar-refractivity contribution in [3.8, 4) is 0 Å². The van der Waals surface area contributed by atoms with E-state index in [9.17, 15) is 39.4 Å². The van der Waals surface area contributed by atoms with Crippen LogP contribution in [0.3, 0.4) is 0 Å². The molecule has 0 fully saturated rings. The Hall–Kier alpha value is -5.86. The first-order chi connectivity index (χ1) is 22.2. The number of nitrogens with one attached hydrogen (secondary N) is 2. The van der Waals surface area contributed by atoms with Crippen LogP contribution >= 0.6 is 0 Å². The molecule has 4 aromatic rings. The Bertz CT molecular complexity index is 1770. The van der Waals surface area contributed by atoms with Gasteiger partial charge in [-0.3, -0.25) is 49.2 Å². The molecular weight excluding hydrogens is 596 g/mol. The Balaban J connectivity index is 1.16. The smallest absolute Gasteiger partial charge is 0.273 e. The molecule has 0 saturated carbocycles. The predicted molar refractivity (Wildman–Crippen MR) is 164 cm³/mol. The molecule has 46 heavy (non-hydrogen) atoms. The van der Waals surface area contributed by atoms with Gasteiger partial charge in [-0.05, 0) is 24.3 Å². The Morgan fingerprint density at radius 2 is 0.848 bits per heavy atom. The fourth-order valence-corrected chi connectivity index (χ4v) is 5.89. The van der Waals surface area contributed by atoms with Gasteiger partial charge in [0.05, 0.1) is 9.85 Å². The maximum absolute atomic E-state index is 13.5. The first kappa shape index (κ1) is 30.2. The van der Waals surface area contributed by atoms with Crippen LogP contribution in [0.4, 0.5) is 11.4 Å². The number of para-hydroxylation sites is 2. The summed E-state index contributed by atoms with van der Waals surface area (Å²) in [6.07, 6.45) is 0. The molecular formula is C32H26N6O8. The standard InChI is InChI=1S/C32H26N6O8/c39-29-21-9-11-23-28-24(32(42)36(31(23)41)16-14-34-18-20-6-2-4-8-26(20)38(45)46)12-10-22(27(21)28)30(40)35(29)15-13-33-17-19-5-1-3-7-25(19)37(43)44/h1-12,33-34H,13-18H2. The van der Waals surface area contributed by atoms with Gasteiger partial charge in [0.25, 0.3) is 35.0 Å². The number of nitrogens with zero attached hydrogens (tertiary/aromatic N) is 4. The average Bonchev–Trinajstić information content (AvgIpc) is 3.05. The van der Waals surface area contributed by atoms with Gasteiger partial charge in [-0.2, -0.15) is 0 Å². The quantitative estimate of drug-likeness (QED) is 0.103. The van der Waals surface area contributed by atoms with Crippen molar-refractivity contribution < 1.29 is 29.0 Å². The van der Waals surface area contributed by atoms with Crippen molar-refractivity contribution in [2.75, 3.05) is 26.2 Å². The lowest BCUT2D eigenvalue weighted by Crippen LogP contribution is -2.46. The highest BCUT2D eigenvalue weighted by Crippen LogP contribution is 2.37. The number of nitro benzene ring substituents is 2. The van der Waals surface area contributed by atoms with E-state index in [0.717, 1.165) is 9.80 Å². The van der Waals surface area contributed by atoms with Crippen molar-refractivity contribution in [3.63, 3.8) is 0 Å². The van der Waals surface area contributed by atoms with Crippen LogP contribution in [-0.2, 0) is 13.1 Å². The van der Waals surface area contributed by atoms with Gasteiger partial charge in [0.15, 0.2) is 0 Å². The summed E-state index contributed by atoms with van der Waals surface area (Å²) in [6.45, 7) is 0.663. The molecule has 2 aliphatic heterocycles. The van der Waals surface area contributed by atoms with Gasteiger partial charge < -0.3 is 10.6 Å². The Morgan fingerprint density at radius 3 is 1.17 bits per heavy atom. The lowest BCUT2D eigenvalue weighted by molar-refractivity contribution is -0.385. The Morgan fingerprint density at radius 1 is 0.522 bits per heavy atom. The molecule has 0 aromatic heterocycles. The van der Waals surface area contributed by atoms with Gasteiger partial charge >= 0.3 is 0 Å². The Labute approximate surface area is 260 Å². The van der Waals surface area contributed by atoms with Crippen LogP contribution in [0.2, 0.25) is 0 Å². The lowest BCUT2D eigenvalue weighted by atomic mass is 9.86. The van der Waals surface area contributed by atoms with Gasteiger partial charge in [0, 0.05) is 95.6 Å². The highest BCUT2D eigenvalue weighted by Gasteiger charge is 2.39. The van der Waals surface area contributed by atoms with Gasteiger partial charge in [0.2, 0.25) is 0 Å². The second-order valence-corrected chi connectivity index (χ2v) is 10.7. The average molecular weight is 623 g/mol. The third-order valence-corrected chi connectivity index (χ3v) is 8.09. The number of hydrogen-bond acceptors (Lipinski definition) is 10. The molecule has 0 atom stereocenters. The normalized spacial score (nSPS) is 13.9. The van der Waals surface area contributed by atoms with E-state index in [1.54, 1.807) is 36.4 Å². The summed E-state index contributed by atoms with van der Waals surface area (Å²) in [5.74, 6) is -2.30. The minimum atomic E-state index is -0.574. The van der Waals surface area contributed by atoms with Crippen molar-refractivity contribution >= 4 is 45.8 Å². The molecule has 2 aliphatic rings.